The highest BCUT2D eigenvalue weighted by Crippen LogP contribution is 2.37. The fourth-order valence-electron chi connectivity index (χ4n) is 3.29. The first-order chi connectivity index (χ1) is 10.1. The molecule has 1 fully saturated rings. The van der Waals surface area contributed by atoms with Gasteiger partial charge in [-0.2, -0.15) is 0 Å². The lowest BCUT2D eigenvalue weighted by molar-refractivity contribution is -0.131. The average molecular weight is 290 g/mol. The van der Waals surface area contributed by atoms with Gasteiger partial charge in [0.15, 0.2) is 0 Å². The molecule has 0 radical (unpaired) electrons. The van der Waals surface area contributed by atoms with Crippen LogP contribution >= 0.6 is 0 Å². The third-order valence-corrected chi connectivity index (χ3v) is 4.45. The summed E-state index contributed by atoms with van der Waals surface area (Å²) in [4.78, 5) is 10.5. The molecule has 3 heteroatoms. The van der Waals surface area contributed by atoms with E-state index < -0.39 is 5.97 Å². The lowest BCUT2D eigenvalue weighted by Gasteiger charge is -2.28. The molecule has 0 heterocycles. The molecule has 1 aliphatic rings. The quantitative estimate of drug-likeness (QED) is 0.775. The van der Waals surface area contributed by atoms with Crippen molar-refractivity contribution in [3.05, 3.63) is 41.2 Å². The highest BCUT2D eigenvalue weighted by Gasteiger charge is 2.22. The Morgan fingerprint density at radius 3 is 2.62 bits per heavy atom. The van der Waals surface area contributed by atoms with Crippen LogP contribution < -0.4 is 0 Å². The van der Waals surface area contributed by atoms with Crippen molar-refractivity contribution in [3.8, 4) is 0 Å². The smallest absolute Gasteiger partial charge is 0.328 e. The number of benzene rings is 1. The van der Waals surface area contributed by atoms with Crippen LogP contribution in [0.1, 0.15) is 62.5 Å². The van der Waals surface area contributed by atoms with Crippen molar-refractivity contribution in [1.82, 2.24) is 0 Å². The summed E-state index contributed by atoms with van der Waals surface area (Å²) in [5.74, 6) is -0.104. The molecule has 1 aromatic carbocycles. The van der Waals surface area contributed by atoms with Gasteiger partial charge in [0.2, 0.25) is 0 Å². The molecule has 0 bridgehead atoms. The number of carbonyl (C=O) groups is 1. The van der Waals surface area contributed by atoms with Gasteiger partial charge in [-0.1, -0.05) is 31.9 Å². The predicted octanol–water partition coefficient (Wildman–Crippen LogP) is 5.00. The van der Waals surface area contributed by atoms with Crippen molar-refractivity contribution in [2.75, 3.05) is 0 Å². The molecule has 1 saturated carbocycles. The van der Waals surface area contributed by atoms with Crippen molar-refractivity contribution in [3.63, 3.8) is 0 Å². The van der Waals surface area contributed by atoms with Crippen LogP contribution in [0.25, 0.3) is 6.08 Å². The summed E-state index contributed by atoms with van der Waals surface area (Å²) >= 11 is 0. The van der Waals surface area contributed by atoms with Gasteiger partial charge in [0.1, 0.15) is 5.82 Å². The molecule has 2 rings (SSSR count). The lowest BCUT2D eigenvalue weighted by atomic mass is 9.77. The molecule has 0 spiro atoms. The van der Waals surface area contributed by atoms with E-state index in [2.05, 4.69) is 6.92 Å². The van der Waals surface area contributed by atoms with Crippen LogP contribution in [0.5, 0.6) is 0 Å². The second-order valence-electron chi connectivity index (χ2n) is 5.96. The van der Waals surface area contributed by atoms with Gasteiger partial charge < -0.3 is 5.11 Å². The van der Waals surface area contributed by atoms with Crippen LogP contribution in [0, 0.1) is 11.7 Å². The fraction of sp³-hybridized carbons (Fsp3) is 0.500. The topological polar surface area (TPSA) is 37.3 Å². The number of hydrogen-bond acceptors (Lipinski definition) is 1. The van der Waals surface area contributed by atoms with E-state index in [0.717, 1.165) is 30.4 Å². The summed E-state index contributed by atoms with van der Waals surface area (Å²) in [5.41, 5.74) is 1.38. The zero-order chi connectivity index (χ0) is 15.2. The first kappa shape index (κ1) is 15.7. The van der Waals surface area contributed by atoms with Crippen LogP contribution in [0.4, 0.5) is 4.39 Å². The van der Waals surface area contributed by atoms with E-state index >= 15 is 0 Å². The van der Waals surface area contributed by atoms with Gasteiger partial charge in [-0.05, 0) is 55.2 Å². The van der Waals surface area contributed by atoms with Gasteiger partial charge in [-0.25, -0.2) is 9.18 Å². The number of carboxylic acids is 1. The first-order valence-corrected chi connectivity index (χ1v) is 7.80. The Balaban J connectivity index is 2.02. The van der Waals surface area contributed by atoms with E-state index in [9.17, 15) is 9.18 Å². The molecule has 0 aliphatic heterocycles. The molecule has 1 aliphatic carbocycles. The first-order valence-electron chi connectivity index (χ1n) is 7.80. The molecular formula is C18H23FO2. The van der Waals surface area contributed by atoms with E-state index in [4.69, 9.17) is 5.11 Å². The summed E-state index contributed by atoms with van der Waals surface area (Å²) in [7, 11) is 0. The zero-order valence-corrected chi connectivity index (χ0v) is 12.5. The Kier molecular flexibility index (Phi) is 5.54. The third kappa shape index (κ3) is 4.42. The minimum absolute atomic E-state index is 0.333. The summed E-state index contributed by atoms with van der Waals surface area (Å²) in [5, 5.41) is 8.58. The van der Waals surface area contributed by atoms with E-state index in [1.165, 1.54) is 31.8 Å². The van der Waals surface area contributed by atoms with Crippen LogP contribution in [0.2, 0.25) is 0 Å². The van der Waals surface area contributed by atoms with Crippen molar-refractivity contribution < 1.29 is 14.3 Å². The molecular weight excluding hydrogens is 267 g/mol. The van der Waals surface area contributed by atoms with Crippen LogP contribution in [-0.4, -0.2) is 11.1 Å². The Morgan fingerprint density at radius 2 is 2.05 bits per heavy atom. The maximum absolute atomic E-state index is 14.0. The summed E-state index contributed by atoms with van der Waals surface area (Å²) in [6.07, 6.45) is 9.56. The monoisotopic (exact) mass is 290 g/mol. The maximum atomic E-state index is 14.0. The molecule has 114 valence electrons. The number of rotatable bonds is 5. The van der Waals surface area contributed by atoms with Gasteiger partial charge in [0.25, 0.3) is 0 Å². The number of halogens is 1. The second-order valence-corrected chi connectivity index (χ2v) is 5.96. The van der Waals surface area contributed by atoms with E-state index in [0.29, 0.717) is 11.5 Å². The van der Waals surface area contributed by atoms with Gasteiger partial charge in [0.05, 0.1) is 0 Å². The molecule has 0 amide bonds. The van der Waals surface area contributed by atoms with Crippen molar-refractivity contribution >= 4 is 12.0 Å². The molecule has 0 saturated heterocycles. The SMILES string of the molecule is CCCC1CCC(c2ccc(/C=C/C(=O)O)c(F)c2)CC1. The molecule has 2 nitrogen and oxygen atoms in total. The third-order valence-electron chi connectivity index (χ3n) is 4.45. The van der Waals surface area contributed by atoms with Crippen molar-refractivity contribution in [1.29, 1.82) is 0 Å². The van der Waals surface area contributed by atoms with Gasteiger partial charge in [-0.15, -0.1) is 0 Å². The minimum Gasteiger partial charge on any atom is -0.478 e. The van der Waals surface area contributed by atoms with Crippen LogP contribution in [0.15, 0.2) is 24.3 Å². The van der Waals surface area contributed by atoms with Crippen molar-refractivity contribution in [2.45, 2.75) is 51.4 Å². The average Bonchev–Trinajstić information content (AvgIpc) is 2.47. The molecule has 1 N–H and O–H groups in total. The van der Waals surface area contributed by atoms with E-state index in [-0.39, 0.29) is 5.82 Å². The summed E-state index contributed by atoms with van der Waals surface area (Å²) in [6.45, 7) is 2.23. The molecule has 21 heavy (non-hydrogen) atoms. The standard InChI is InChI=1S/C18H23FO2/c1-2-3-13-4-6-14(7-5-13)16-9-8-15(17(19)12-16)10-11-18(20)21/h8-14H,2-7H2,1H3,(H,20,21)/b11-10+. The van der Waals surface area contributed by atoms with Crippen LogP contribution in [0.3, 0.4) is 0 Å². The molecule has 0 aromatic heterocycles. The highest BCUT2D eigenvalue weighted by atomic mass is 19.1. The van der Waals surface area contributed by atoms with E-state index in [1.807, 2.05) is 6.07 Å². The number of hydrogen-bond donors (Lipinski definition) is 1. The van der Waals surface area contributed by atoms with Crippen molar-refractivity contribution in [2.24, 2.45) is 5.92 Å². The summed E-state index contributed by atoms with van der Waals surface area (Å²) in [6, 6.07) is 5.20. The fourth-order valence-corrected chi connectivity index (χ4v) is 3.29. The Labute approximate surface area is 125 Å². The van der Waals surface area contributed by atoms with Gasteiger partial charge in [0, 0.05) is 11.6 Å². The lowest BCUT2D eigenvalue weighted by Crippen LogP contribution is -2.13. The van der Waals surface area contributed by atoms with Crippen LogP contribution in [-0.2, 0) is 4.79 Å². The van der Waals surface area contributed by atoms with E-state index in [1.54, 1.807) is 12.1 Å². The van der Waals surface area contributed by atoms with Gasteiger partial charge in [-0.3, -0.25) is 0 Å². The molecule has 1 aromatic rings. The Morgan fingerprint density at radius 1 is 1.33 bits per heavy atom. The maximum Gasteiger partial charge on any atom is 0.328 e. The minimum atomic E-state index is -1.06. The predicted molar refractivity (Wildman–Crippen MR) is 82.7 cm³/mol. The normalized spacial score (nSPS) is 22.6. The Bertz CT molecular complexity index is 514. The molecule has 0 atom stereocenters. The molecule has 0 unspecified atom stereocenters. The Hall–Kier alpha value is -1.64. The number of carboxylic acid groups (broad SMARTS) is 1. The van der Waals surface area contributed by atoms with Gasteiger partial charge >= 0.3 is 5.97 Å². The second kappa shape index (κ2) is 7.39. The zero-order valence-electron chi connectivity index (χ0n) is 12.5. The largest absolute Gasteiger partial charge is 0.478 e. The number of aliphatic carboxylic acids is 1. The highest BCUT2D eigenvalue weighted by molar-refractivity contribution is 5.85. The summed E-state index contributed by atoms with van der Waals surface area (Å²) < 4.78 is 14.0.